The fourth-order valence-electron chi connectivity index (χ4n) is 3.22. The van der Waals surface area contributed by atoms with Crippen molar-refractivity contribution in [1.82, 2.24) is 0 Å². The maximum absolute atomic E-state index is 5.86. The summed E-state index contributed by atoms with van der Waals surface area (Å²) in [4.78, 5) is 2.49. The van der Waals surface area contributed by atoms with Gasteiger partial charge in [0.2, 0.25) is 0 Å². The minimum Gasteiger partial charge on any atom is -0.496 e. The second-order valence-electron chi connectivity index (χ2n) is 6.37. The number of unbranched alkanes of at least 4 members (excludes halogenated alkanes) is 1. The quantitative estimate of drug-likeness (QED) is 0.891. The zero-order valence-corrected chi connectivity index (χ0v) is 14.0. The molecule has 0 aromatic heterocycles. The van der Waals surface area contributed by atoms with Gasteiger partial charge in [-0.25, -0.2) is 0 Å². The highest BCUT2D eigenvalue weighted by atomic mass is 16.5. The summed E-state index contributed by atoms with van der Waals surface area (Å²) in [5.74, 6) is 0.892. The zero-order chi connectivity index (χ0) is 15.6. The fourth-order valence-corrected chi connectivity index (χ4v) is 3.22. The normalized spacial score (nSPS) is 16.5. The van der Waals surface area contributed by atoms with Crippen molar-refractivity contribution in [2.45, 2.75) is 52.6 Å². The lowest BCUT2D eigenvalue weighted by Gasteiger charge is -2.43. The van der Waals surface area contributed by atoms with Gasteiger partial charge in [-0.15, -0.1) is 0 Å². The van der Waals surface area contributed by atoms with Gasteiger partial charge in [-0.05, 0) is 38.8 Å². The van der Waals surface area contributed by atoms with Crippen LogP contribution in [-0.4, -0.2) is 19.2 Å². The van der Waals surface area contributed by atoms with E-state index in [1.165, 1.54) is 29.7 Å². The topological polar surface area (TPSA) is 38.5 Å². The molecule has 0 fully saturated rings. The molecule has 0 saturated carbocycles. The number of ether oxygens (including phenoxy) is 1. The lowest BCUT2D eigenvalue weighted by Crippen LogP contribution is -2.45. The van der Waals surface area contributed by atoms with Crippen LogP contribution in [0.2, 0.25) is 0 Å². The average Bonchev–Trinajstić information content (AvgIpc) is 2.45. The van der Waals surface area contributed by atoms with Crippen LogP contribution in [0.5, 0.6) is 5.75 Å². The van der Waals surface area contributed by atoms with Gasteiger partial charge >= 0.3 is 0 Å². The van der Waals surface area contributed by atoms with E-state index in [2.05, 4.69) is 50.8 Å². The Labute approximate surface area is 128 Å². The van der Waals surface area contributed by atoms with Crippen LogP contribution in [0, 0.1) is 0 Å². The Bertz CT molecular complexity index is 546. The van der Waals surface area contributed by atoms with Crippen molar-refractivity contribution < 1.29 is 4.74 Å². The summed E-state index contributed by atoms with van der Waals surface area (Å²) in [6.45, 7) is 10.5. The van der Waals surface area contributed by atoms with Crippen molar-refractivity contribution in [2.24, 2.45) is 5.73 Å². The summed E-state index contributed by atoms with van der Waals surface area (Å²) in [6, 6.07) is 4.35. The molecule has 1 aliphatic rings. The van der Waals surface area contributed by atoms with Gasteiger partial charge in [0.1, 0.15) is 5.75 Å². The number of anilines is 1. The molecule has 0 unspecified atom stereocenters. The third kappa shape index (κ3) is 2.93. The Balaban J connectivity index is 2.57. The molecule has 0 bridgehead atoms. The Morgan fingerprint density at radius 2 is 2.00 bits per heavy atom. The minimum atomic E-state index is 0.0293. The fraction of sp³-hybridized carbons (Fsp3) is 0.556. The number of benzene rings is 1. The van der Waals surface area contributed by atoms with Gasteiger partial charge < -0.3 is 15.4 Å². The number of nitrogens with two attached hydrogens (primary N) is 1. The monoisotopic (exact) mass is 288 g/mol. The van der Waals surface area contributed by atoms with Crippen molar-refractivity contribution in [1.29, 1.82) is 0 Å². The van der Waals surface area contributed by atoms with Gasteiger partial charge in [-0.1, -0.05) is 19.4 Å². The highest BCUT2D eigenvalue weighted by molar-refractivity contribution is 5.82. The third-order valence-corrected chi connectivity index (χ3v) is 4.33. The Morgan fingerprint density at radius 3 is 2.57 bits per heavy atom. The number of nitrogens with zero attached hydrogens (tertiary/aromatic N) is 1. The summed E-state index contributed by atoms with van der Waals surface area (Å²) < 4.78 is 5.53. The predicted octanol–water partition coefficient (Wildman–Crippen LogP) is 3.96. The SMILES string of the molecule is CCCCN1c2cc(OC)c(CN)cc2C(C)=CC1(C)C. The van der Waals surface area contributed by atoms with E-state index >= 15 is 0 Å². The molecule has 1 aromatic rings. The maximum atomic E-state index is 5.86. The number of hydrogen-bond acceptors (Lipinski definition) is 3. The van der Waals surface area contributed by atoms with Crippen LogP contribution in [0.15, 0.2) is 18.2 Å². The van der Waals surface area contributed by atoms with Crippen molar-refractivity contribution in [2.75, 3.05) is 18.6 Å². The number of hydrogen-bond donors (Lipinski definition) is 1. The summed E-state index contributed by atoms with van der Waals surface area (Å²) in [5, 5.41) is 0. The number of allylic oxidation sites excluding steroid dienone is 1. The van der Waals surface area contributed by atoms with E-state index in [1.54, 1.807) is 7.11 Å². The molecule has 0 amide bonds. The molecule has 116 valence electrons. The Morgan fingerprint density at radius 1 is 1.29 bits per heavy atom. The summed E-state index contributed by atoms with van der Waals surface area (Å²) in [6.07, 6.45) is 4.75. The third-order valence-electron chi connectivity index (χ3n) is 4.33. The molecule has 1 heterocycles. The molecule has 0 atom stereocenters. The van der Waals surface area contributed by atoms with Crippen LogP contribution in [-0.2, 0) is 6.54 Å². The molecule has 0 saturated heterocycles. The van der Waals surface area contributed by atoms with Gasteiger partial charge in [0.15, 0.2) is 0 Å². The van der Waals surface area contributed by atoms with Gasteiger partial charge in [-0.3, -0.25) is 0 Å². The van der Waals surface area contributed by atoms with Crippen molar-refractivity contribution in [3.63, 3.8) is 0 Å². The second-order valence-corrected chi connectivity index (χ2v) is 6.37. The molecule has 1 aliphatic heterocycles. The Hall–Kier alpha value is -1.48. The molecular weight excluding hydrogens is 260 g/mol. The summed E-state index contributed by atoms with van der Waals surface area (Å²) in [5.41, 5.74) is 10.8. The van der Waals surface area contributed by atoms with Crippen LogP contribution in [0.4, 0.5) is 5.69 Å². The maximum Gasteiger partial charge on any atom is 0.125 e. The minimum absolute atomic E-state index is 0.0293. The van der Waals surface area contributed by atoms with Crippen LogP contribution >= 0.6 is 0 Å². The van der Waals surface area contributed by atoms with Gasteiger partial charge in [0.05, 0.1) is 12.6 Å². The van der Waals surface area contributed by atoms with Gasteiger partial charge in [-0.2, -0.15) is 0 Å². The first-order chi connectivity index (χ1) is 9.94. The van der Waals surface area contributed by atoms with E-state index in [1.807, 2.05) is 0 Å². The van der Waals surface area contributed by atoms with Crippen LogP contribution in [0.25, 0.3) is 5.57 Å². The average molecular weight is 288 g/mol. The van der Waals surface area contributed by atoms with E-state index in [4.69, 9.17) is 10.5 Å². The summed E-state index contributed by atoms with van der Waals surface area (Å²) in [7, 11) is 1.72. The van der Waals surface area contributed by atoms with Crippen molar-refractivity contribution in [3.05, 3.63) is 29.3 Å². The van der Waals surface area contributed by atoms with E-state index in [9.17, 15) is 0 Å². The lowest BCUT2D eigenvalue weighted by atomic mass is 9.87. The molecule has 0 radical (unpaired) electrons. The largest absolute Gasteiger partial charge is 0.496 e. The van der Waals surface area contributed by atoms with Crippen molar-refractivity contribution in [3.8, 4) is 5.75 Å². The predicted molar refractivity (Wildman–Crippen MR) is 90.9 cm³/mol. The first-order valence-electron chi connectivity index (χ1n) is 7.83. The van der Waals surface area contributed by atoms with Gasteiger partial charge in [0, 0.05) is 36.0 Å². The van der Waals surface area contributed by atoms with E-state index < -0.39 is 0 Å². The highest BCUT2D eigenvalue weighted by Crippen LogP contribution is 2.42. The van der Waals surface area contributed by atoms with Crippen molar-refractivity contribution >= 4 is 11.3 Å². The molecule has 21 heavy (non-hydrogen) atoms. The van der Waals surface area contributed by atoms with Crippen LogP contribution in [0.1, 0.15) is 51.7 Å². The number of methoxy groups -OCH3 is 1. The standard InChI is InChI=1S/C18H28N2O/c1-6-7-8-20-16-10-17(21-5)14(12-19)9-15(16)13(2)11-18(20,3)4/h9-11H,6-8,12,19H2,1-5H3. The lowest BCUT2D eigenvalue weighted by molar-refractivity contribution is 0.409. The van der Waals surface area contributed by atoms with Crippen LogP contribution < -0.4 is 15.4 Å². The van der Waals surface area contributed by atoms with Crippen LogP contribution in [0.3, 0.4) is 0 Å². The Kier molecular flexibility index (Phi) is 4.62. The highest BCUT2D eigenvalue weighted by Gasteiger charge is 2.31. The number of rotatable bonds is 5. The molecule has 2 N–H and O–H groups in total. The molecule has 3 nitrogen and oxygen atoms in total. The molecule has 0 spiro atoms. The molecule has 1 aromatic carbocycles. The molecule has 2 rings (SSSR count). The summed E-state index contributed by atoms with van der Waals surface area (Å²) >= 11 is 0. The second kappa shape index (κ2) is 6.10. The first-order valence-corrected chi connectivity index (χ1v) is 7.83. The van der Waals surface area contributed by atoms with E-state index in [0.717, 1.165) is 17.9 Å². The molecular formula is C18H28N2O. The molecule has 3 heteroatoms. The van der Waals surface area contributed by atoms with E-state index in [0.29, 0.717) is 6.54 Å². The smallest absolute Gasteiger partial charge is 0.125 e. The van der Waals surface area contributed by atoms with E-state index in [-0.39, 0.29) is 5.54 Å². The zero-order valence-electron chi connectivity index (χ0n) is 14.0. The molecule has 0 aliphatic carbocycles. The van der Waals surface area contributed by atoms with Gasteiger partial charge in [0.25, 0.3) is 0 Å². The number of fused-ring (bicyclic) bond motifs is 1. The first kappa shape index (κ1) is 15.9.